The lowest BCUT2D eigenvalue weighted by atomic mass is 10.1. The Balaban J connectivity index is 1.27. The molecule has 5 heterocycles. The summed E-state index contributed by atoms with van der Waals surface area (Å²) in [6.07, 6.45) is 7.67. The third kappa shape index (κ3) is 4.21. The highest BCUT2D eigenvalue weighted by atomic mass is 16.2. The van der Waals surface area contributed by atoms with Crippen molar-refractivity contribution in [1.29, 1.82) is 0 Å². The number of carbonyl (C=O) groups is 2. The van der Waals surface area contributed by atoms with Crippen molar-refractivity contribution in [3.8, 4) is 0 Å². The number of aromatic nitrogens is 3. The van der Waals surface area contributed by atoms with E-state index in [0.717, 1.165) is 43.9 Å². The molecule has 0 unspecified atom stereocenters. The SMILES string of the molecule is C[C@H]1CN(Cc2ccn3ncc(N4CCC(=O)NC4=O)c3c2)CCN1Cc1cccnc1. The largest absolute Gasteiger partial charge is 0.328 e. The first-order valence-electron chi connectivity index (χ1n) is 11.0. The summed E-state index contributed by atoms with van der Waals surface area (Å²) in [6, 6.07) is 8.35. The lowest BCUT2D eigenvalue weighted by molar-refractivity contribution is -0.120. The van der Waals surface area contributed by atoms with Gasteiger partial charge >= 0.3 is 6.03 Å². The predicted octanol–water partition coefficient (Wildman–Crippen LogP) is 1.88. The summed E-state index contributed by atoms with van der Waals surface area (Å²) in [4.78, 5) is 34.6. The molecular weight excluding hydrogens is 406 g/mol. The maximum atomic E-state index is 12.3. The quantitative estimate of drug-likeness (QED) is 0.661. The number of nitrogens with one attached hydrogen (secondary N) is 1. The molecule has 1 N–H and O–H groups in total. The van der Waals surface area contributed by atoms with Gasteiger partial charge in [-0.05, 0) is 36.2 Å². The Morgan fingerprint density at radius 3 is 2.78 bits per heavy atom. The Hall–Kier alpha value is -3.30. The van der Waals surface area contributed by atoms with Crippen LogP contribution in [0.3, 0.4) is 0 Å². The molecule has 0 aliphatic carbocycles. The number of nitrogens with zero attached hydrogens (tertiary/aromatic N) is 6. The van der Waals surface area contributed by atoms with Gasteiger partial charge in [0, 0.05) is 70.3 Å². The van der Waals surface area contributed by atoms with Gasteiger partial charge in [0.1, 0.15) is 0 Å². The van der Waals surface area contributed by atoms with Gasteiger partial charge in [-0.2, -0.15) is 5.10 Å². The number of anilines is 1. The van der Waals surface area contributed by atoms with Crippen molar-refractivity contribution in [2.45, 2.75) is 32.5 Å². The van der Waals surface area contributed by atoms with Crippen molar-refractivity contribution in [1.82, 2.24) is 29.7 Å². The van der Waals surface area contributed by atoms with Gasteiger partial charge in [0.2, 0.25) is 5.91 Å². The highest BCUT2D eigenvalue weighted by Gasteiger charge is 2.27. The summed E-state index contributed by atoms with van der Waals surface area (Å²) in [5, 5.41) is 6.76. The van der Waals surface area contributed by atoms with Crippen molar-refractivity contribution in [2.24, 2.45) is 0 Å². The van der Waals surface area contributed by atoms with Crippen LogP contribution < -0.4 is 10.2 Å². The third-order valence-corrected chi connectivity index (χ3v) is 6.27. The number of hydrogen-bond acceptors (Lipinski definition) is 6. The molecular formula is C23H27N7O2. The van der Waals surface area contributed by atoms with Crippen LogP contribution >= 0.6 is 0 Å². The topological polar surface area (TPSA) is 86.1 Å². The maximum Gasteiger partial charge on any atom is 0.328 e. The van der Waals surface area contributed by atoms with Crippen LogP contribution in [0.25, 0.3) is 5.52 Å². The number of rotatable bonds is 5. The minimum atomic E-state index is -0.389. The van der Waals surface area contributed by atoms with Gasteiger partial charge in [-0.1, -0.05) is 6.07 Å². The molecule has 0 radical (unpaired) electrons. The van der Waals surface area contributed by atoms with Crippen molar-refractivity contribution in [2.75, 3.05) is 31.1 Å². The summed E-state index contributed by atoms with van der Waals surface area (Å²) in [7, 11) is 0. The molecule has 0 saturated carbocycles. The van der Waals surface area contributed by atoms with E-state index in [1.54, 1.807) is 15.6 Å². The Labute approximate surface area is 186 Å². The van der Waals surface area contributed by atoms with E-state index in [1.807, 2.05) is 24.7 Å². The summed E-state index contributed by atoms with van der Waals surface area (Å²) in [5.74, 6) is -0.236. The third-order valence-electron chi connectivity index (χ3n) is 6.27. The number of fused-ring (bicyclic) bond motifs is 1. The normalized spacial score (nSPS) is 20.7. The van der Waals surface area contributed by atoms with Gasteiger partial charge in [0.15, 0.2) is 0 Å². The van der Waals surface area contributed by atoms with E-state index in [1.165, 1.54) is 11.1 Å². The summed E-state index contributed by atoms with van der Waals surface area (Å²) < 4.78 is 1.77. The Kier molecular flexibility index (Phi) is 5.59. The van der Waals surface area contributed by atoms with E-state index in [4.69, 9.17) is 0 Å². The van der Waals surface area contributed by atoms with E-state index in [-0.39, 0.29) is 11.9 Å². The second kappa shape index (κ2) is 8.68. The molecule has 2 saturated heterocycles. The molecule has 0 spiro atoms. The minimum absolute atomic E-state index is 0.236. The van der Waals surface area contributed by atoms with Gasteiger partial charge in [0.05, 0.1) is 17.4 Å². The zero-order valence-corrected chi connectivity index (χ0v) is 18.1. The van der Waals surface area contributed by atoms with Gasteiger partial charge in [-0.15, -0.1) is 0 Å². The van der Waals surface area contributed by atoms with Gasteiger partial charge in [-0.3, -0.25) is 29.8 Å². The smallest absolute Gasteiger partial charge is 0.296 e. The Bertz CT molecular complexity index is 1130. The first-order valence-corrected chi connectivity index (χ1v) is 11.0. The fourth-order valence-electron chi connectivity index (χ4n) is 4.55. The number of carbonyl (C=O) groups excluding carboxylic acids is 2. The summed E-state index contributed by atoms with van der Waals surface area (Å²) >= 11 is 0. The number of imide groups is 1. The molecule has 2 aliphatic rings. The molecule has 9 heteroatoms. The first kappa shape index (κ1) is 20.6. The number of piperazine rings is 1. The molecule has 166 valence electrons. The average Bonchev–Trinajstić information content (AvgIpc) is 3.19. The van der Waals surface area contributed by atoms with Crippen LogP contribution in [-0.2, 0) is 17.9 Å². The Morgan fingerprint density at radius 1 is 1.09 bits per heavy atom. The zero-order chi connectivity index (χ0) is 22.1. The Morgan fingerprint density at radius 2 is 2.00 bits per heavy atom. The van der Waals surface area contributed by atoms with E-state index < -0.39 is 0 Å². The highest BCUT2D eigenvalue weighted by molar-refractivity contribution is 6.07. The van der Waals surface area contributed by atoms with Crippen molar-refractivity contribution < 1.29 is 9.59 Å². The molecule has 5 rings (SSSR count). The van der Waals surface area contributed by atoms with Crippen LogP contribution in [0, 0.1) is 0 Å². The first-order chi connectivity index (χ1) is 15.6. The lowest BCUT2D eigenvalue weighted by Gasteiger charge is -2.40. The second-order valence-electron chi connectivity index (χ2n) is 8.57. The molecule has 0 bridgehead atoms. The molecule has 1 atom stereocenters. The number of pyridine rings is 2. The second-order valence-corrected chi connectivity index (χ2v) is 8.57. The minimum Gasteiger partial charge on any atom is -0.296 e. The summed E-state index contributed by atoms with van der Waals surface area (Å²) in [6.45, 7) is 7.42. The fourth-order valence-corrected chi connectivity index (χ4v) is 4.55. The van der Waals surface area contributed by atoms with E-state index in [0.29, 0.717) is 19.0 Å². The standard InChI is InChI=1S/C23H27N7O2/c1-17-14-27(9-10-28(17)16-19-3-2-6-24-12-19)15-18-4-8-30-20(11-18)21(13-25-30)29-7-5-22(31)26-23(29)32/h2-4,6,8,11-13,17H,5,7,9-10,14-16H2,1H3,(H,26,31,32)/t17-/m0/s1. The zero-order valence-electron chi connectivity index (χ0n) is 18.1. The van der Waals surface area contributed by atoms with Crippen molar-refractivity contribution >= 4 is 23.1 Å². The number of hydrogen-bond donors (Lipinski definition) is 1. The maximum absolute atomic E-state index is 12.3. The van der Waals surface area contributed by atoms with Crippen LogP contribution in [-0.4, -0.2) is 68.6 Å². The highest BCUT2D eigenvalue weighted by Crippen LogP contribution is 2.25. The molecule has 0 aromatic carbocycles. The van der Waals surface area contributed by atoms with E-state index >= 15 is 0 Å². The van der Waals surface area contributed by atoms with Gasteiger partial charge < -0.3 is 0 Å². The van der Waals surface area contributed by atoms with Crippen LogP contribution in [0.2, 0.25) is 0 Å². The van der Waals surface area contributed by atoms with Gasteiger partial charge in [-0.25, -0.2) is 9.31 Å². The monoisotopic (exact) mass is 433 g/mol. The molecule has 3 amide bonds. The van der Waals surface area contributed by atoms with Crippen LogP contribution in [0.5, 0.6) is 0 Å². The molecule has 3 aromatic rings. The van der Waals surface area contributed by atoms with Crippen LogP contribution in [0.1, 0.15) is 24.5 Å². The van der Waals surface area contributed by atoms with Crippen molar-refractivity contribution in [3.05, 3.63) is 60.2 Å². The average molecular weight is 434 g/mol. The van der Waals surface area contributed by atoms with Crippen LogP contribution in [0.4, 0.5) is 10.5 Å². The molecule has 32 heavy (non-hydrogen) atoms. The van der Waals surface area contributed by atoms with E-state index in [2.05, 4.69) is 50.3 Å². The molecule has 3 aromatic heterocycles. The predicted molar refractivity (Wildman–Crippen MR) is 120 cm³/mol. The van der Waals surface area contributed by atoms with E-state index in [9.17, 15) is 9.59 Å². The fraction of sp³-hybridized carbons (Fsp3) is 0.391. The van der Waals surface area contributed by atoms with Crippen LogP contribution in [0.15, 0.2) is 49.1 Å². The molecule has 2 aliphatic heterocycles. The van der Waals surface area contributed by atoms with Crippen molar-refractivity contribution in [3.63, 3.8) is 0 Å². The summed E-state index contributed by atoms with van der Waals surface area (Å²) in [5.41, 5.74) is 4.03. The molecule has 2 fully saturated rings. The lowest BCUT2D eigenvalue weighted by Crippen LogP contribution is -2.50. The number of amides is 3. The molecule has 9 nitrogen and oxygen atoms in total. The number of urea groups is 1. The van der Waals surface area contributed by atoms with Gasteiger partial charge in [0.25, 0.3) is 0 Å².